The first-order valence-corrected chi connectivity index (χ1v) is 4.27. The topological polar surface area (TPSA) is 30.2 Å². The Morgan fingerprint density at radius 2 is 2.17 bits per heavy atom. The van der Waals surface area contributed by atoms with E-state index in [9.17, 15) is 0 Å². The van der Waals surface area contributed by atoms with Crippen LogP contribution < -0.4 is 0 Å². The fraction of sp³-hybridized carbons (Fsp3) is 0. The predicted molar refractivity (Wildman–Crippen MR) is 50.3 cm³/mol. The zero-order chi connectivity index (χ0) is 8.72. The van der Waals surface area contributed by atoms with Crippen molar-refractivity contribution in [2.24, 2.45) is 0 Å². The van der Waals surface area contributed by atoms with Gasteiger partial charge in [-0.15, -0.1) is 12.6 Å². The van der Waals surface area contributed by atoms with E-state index in [2.05, 4.69) is 22.7 Å². The van der Waals surface area contributed by atoms with E-state index in [1.807, 2.05) is 0 Å². The summed E-state index contributed by atoms with van der Waals surface area (Å²) in [6.45, 7) is 0. The summed E-state index contributed by atoms with van der Waals surface area (Å²) in [5.74, 6) is 0. The predicted octanol–water partition coefficient (Wildman–Crippen LogP) is 2.32. The fourth-order valence-electron chi connectivity index (χ4n) is 0.887. The van der Waals surface area contributed by atoms with Gasteiger partial charge in [0.25, 0.3) is 0 Å². The van der Waals surface area contributed by atoms with E-state index < -0.39 is 0 Å². The number of fused-ring (bicyclic) bond motifs is 1. The van der Waals surface area contributed by atoms with Crippen LogP contribution in [0.2, 0.25) is 10.3 Å². The number of nitrogens with zero attached hydrogens (tertiary/aromatic N) is 3. The van der Waals surface area contributed by atoms with Gasteiger partial charge < -0.3 is 0 Å². The maximum atomic E-state index is 5.82. The lowest BCUT2D eigenvalue weighted by molar-refractivity contribution is 0.940. The molecule has 0 fully saturated rings. The molecule has 0 aromatic carbocycles. The van der Waals surface area contributed by atoms with Crippen LogP contribution in [0.25, 0.3) is 5.65 Å². The molecule has 0 unspecified atom stereocenters. The number of hydrogen-bond acceptors (Lipinski definition) is 3. The minimum atomic E-state index is 0.336. The summed E-state index contributed by atoms with van der Waals surface area (Å²) < 4.78 is 1.47. The van der Waals surface area contributed by atoms with Gasteiger partial charge in [-0.1, -0.05) is 23.2 Å². The monoisotopic (exact) mass is 219 g/mol. The van der Waals surface area contributed by atoms with Crippen LogP contribution in [0.4, 0.5) is 0 Å². The molecule has 2 heterocycles. The third-order valence-corrected chi connectivity index (χ3v) is 2.16. The molecule has 0 saturated heterocycles. The van der Waals surface area contributed by atoms with Crippen LogP contribution in [0.1, 0.15) is 0 Å². The number of halogens is 2. The molecule has 0 amide bonds. The lowest BCUT2D eigenvalue weighted by atomic mass is 10.6. The fourth-order valence-corrected chi connectivity index (χ4v) is 1.55. The van der Waals surface area contributed by atoms with Crippen LogP contribution in [0.5, 0.6) is 0 Å². The number of aromatic nitrogens is 3. The van der Waals surface area contributed by atoms with Gasteiger partial charge in [0.05, 0.1) is 11.1 Å². The quantitative estimate of drug-likeness (QED) is 0.545. The van der Waals surface area contributed by atoms with Crippen molar-refractivity contribution in [3.63, 3.8) is 0 Å². The molecule has 3 nitrogen and oxygen atoms in total. The highest BCUT2D eigenvalue weighted by atomic mass is 35.5. The van der Waals surface area contributed by atoms with Gasteiger partial charge in [-0.3, -0.25) is 0 Å². The first kappa shape index (κ1) is 8.16. The van der Waals surface area contributed by atoms with Crippen LogP contribution >= 0.6 is 35.8 Å². The van der Waals surface area contributed by atoms with Crippen molar-refractivity contribution >= 4 is 41.5 Å². The smallest absolute Gasteiger partial charge is 0.171 e. The highest BCUT2D eigenvalue weighted by molar-refractivity contribution is 7.80. The molecule has 2 aromatic rings. The average Bonchev–Trinajstić information content (AvgIpc) is 2.33. The molecule has 6 heteroatoms. The van der Waals surface area contributed by atoms with Crippen molar-refractivity contribution in [2.75, 3.05) is 0 Å². The van der Waals surface area contributed by atoms with Crippen LogP contribution in [0.3, 0.4) is 0 Å². The molecule has 0 aliphatic carbocycles. The summed E-state index contributed by atoms with van der Waals surface area (Å²) in [7, 11) is 0. The first-order valence-electron chi connectivity index (χ1n) is 3.07. The molecule has 0 bridgehead atoms. The summed E-state index contributed by atoms with van der Waals surface area (Å²) in [4.78, 5) is 4.65. The van der Waals surface area contributed by atoms with Crippen molar-refractivity contribution in [1.29, 1.82) is 0 Å². The van der Waals surface area contributed by atoms with E-state index in [1.54, 1.807) is 6.20 Å². The zero-order valence-electron chi connectivity index (χ0n) is 5.70. The SMILES string of the molecule is Sc1cnn2c(Cl)cc(Cl)nc12. The summed E-state index contributed by atoms with van der Waals surface area (Å²) >= 11 is 15.6. The first-order chi connectivity index (χ1) is 5.68. The van der Waals surface area contributed by atoms with Crippen LogP contribution in [-0.4, -0.2) is 14.6 Å². The summed E-state index contributed by atoms with van der Waals surface area (Å²) in [5, 5.41) is 4.70. The second kappa shape index (κ2) is 2.80. The molecule has 0 radical (unpaired) electrons. The van der Waals surface area contributed by atoms with E-state index >= 15 is 0 Å². The third kappa shape index (κ3) is 1.16. The molecule has 0 aliphatic heterocycles. The Morgan fingerprint density at radius 1 is 1.42 bits per heavy atom. The van der Waals surface area contributed by atoms with Crippen molar-refractivity contribution in [1.82, 2.24) is 14.6 Å². The van der Waals surface area contributed by atoms with E-state index in [0.717, 1.165) is 0 Å². The Hall–Kier alpha value is -0.450. The molecule has 0 aliphatic rings. The van der Waals surface area contributed by atoms with Crippen LogP contribution in [-0.2, 0) is 0 Å². The van der Waals surface area contributed by atoms with E-state index in [1.165, 1.54) is 10.6 Å². The normalized spacial score (nSPS) is 10.9. The average molecular weight is 220 g/mol. The summed E-state index contributed by atoms with van der Waals surface area (Å²) in [6.07, 6.45) is 1.56. The largest absolute Gasteiger partial charge is 0.216 e. The molecule has 0 saturated carbocycles. The summed E-state index contributed by atoms with van der Waals surface area (Å²) in [6, 6.07) is 1.52. The maximum Gasteiger partial charge on any atom is 0.171 e. The van der Waals surface area contributed by atoms with Crippen molar-refractivity contribution in [2.45, 2.75) is 4.90 Å². The van der Waals surface area contributed by atoms with Gasteiger partial charge in [0, 0.05) is 6.07 Å². The molecule has 0 N–H and O–H groups in total. The van der Waals surface area contributed by atoms with Gasteiger partial charge >= 0.3 is 0 Å². The van der Waals surface area contributed by atoms with Crippen molar-refractivity contribution in [3.8, 4) is 0 Å². The van der Waals surface area contributed by atoms with Gasteiger partial charge in [-0.05, 0) is 0 Å². The number of thiol groups is 1. The Balaban J connectivity index is 2.92. The third-order valence-electron chi connectivity index (χ3n) is 1.38. The number of rotatable bonds is 0. The van der Waals surface area contributed by atoms with Gasteiger partial charge in [-0.2, -0.15) is 5.10 Å². The van der Waals surface area contributed by atoms with Crippen molar-refractivity contribution < 1.29 is 0 Å². The standard InChI is InChI=1S/C6H3Cl2N3S/c7-4-1-5(8)11-6(10-4)3(12)2-9-11/h1-2,12H. The Labute approximate surface area is 83.7 Å². The molecular formula is C6H3Cl2N3S. The Morgan fingerprint density at radius 3 is 2.92 bits per heavy atom. The van der Waals surface area contributed by atoms with Crippen LogP contribution in [0, 0.1) is 0 Å². The van der Waals surface area contributed by atoms with Gasteiger partial charge in [-0.25, -0.2) is 9.50 Å². The van der Waals surface area contributed by atoms with E-state index in [4.69, 9.17) is 23.2 Å². The number of hydrogen-bond donors (Lipinski definition) is 1. The molecule has 2 aromatic heterocycles. The molecule has 12 heavy (non-hydrogen) atoms. The minimum Gasteiger partial charge on any atom is -0.216 e. The maximum absolute atomic E-state index is 5.82. The van der Waals surface area contributed by atoms with Crippen LogP contribution in [0.15, 0.2) is 17.2 Å². The Kier molecular flexibility index (Phi) is 1.90. The zero-order valence-corrected chi connectivity index (χ0v) is 8.11. The van der Waals surface area contributed by atoms with E-state index in [-0.39, 0.29) is 0 Å². The minimum absolute atomic E-state index is 0.336. The lowest BCUT2D eigenvalue weighted by Gasteiger charge is -1.96. The molecule has 2 rings (SSSR count). The van der Waals surface area contributed by atoms with Gasteiger partial charge in [0.15, 0.2) is 5.65 Å². The Bertz CT molecular complexity index is 440. The second-order valence-corrected chi connectivity index (χ2v) is 3.42. The van der Waals surface area contributed by atoms with E-state index in [0.29, 0.717) is 20.8 Å². The highest BCUT2D eigenvalue weighted by Crippen LogP contribution is 2.20. The molecule has 0 atom stereocenters. The van der Waals surface area contributed by atoms with Gasteiger partial charge in [0.2, 0.25) is 0 Å². The molecule has 62 valence electrons. The second-order valence-electron chi connectivity index (χ2n) is 2.17. The highest BCUT2D eigenvalue weighted by Gasteiger charge is 2.06. The molecule has 0 spiro atoms. The molecular weight excluding hydrogens is 217 g/mol. The van der Waals surface area contributed by atoms with Crippen molar-refractivity contribution in [3.05, 3.63) is 22.6 Å². The summed E-state index contributed by atoms with van der Waals surface area (Å²) in [5.41, 5.74) is 0.566. The van der Waals surface area contributed by atoms with Gasteiger partial charge in [0.1, 0.15) is 10.3 Å². The lowest BCUT2D eigenvalue weighted by Crippen LogP contribution is -1.91.